The Balaban J connectivity index is 1.67. The van der Waals surface area contributed by atoms with Crippen molar-refractivity contribution in [1.82, 2.24) is 15.1 Å². The normalized spacial score (nSPS) is 21.0. The molecule has 2 heterocycles. The van der Waals surface area contributed by atoms with Crippen molar-refractivity contribution in [3.8, 4) is 5.75 Å². The van der Waals surface area contributed by atoms with E-state index < -0.39 is 0 Å². The summed E-state index contributed by atoms with van der Waals surface area (Å²) in [4.78, 5) is 29.2. The molecule has 0 aromatic heterocycles. The van der Waals surface area contributed by atoms with Crippen molar-refractivity contribution in [2.75, 3.05) is 65.4 Å². The number of methoxy groups -OCH3 is 1. The van der Waals surface area contributed by atoms with Gasteiger partial charge >= 0.3 is 0 Å². The zero-order valence-electron chi connectivity index (χ0n) is 16.0. The highest BCUT2D eigenvalue weighted by molar-refractivity contribution is 5.98. The van der Waals surface area contributed by atoms with Crippen LogP contribution in [-0.2, 0) is 9.53 Å². The number of hydrogen-bond donors (Lipinski definition) is 2. The highest BCUT2D eigenvalue weighted by Crippen LogP contribution is 2.26. The molecule has 2 amide bonds. The standard InChI is InChI=1S/C19H28N4O4/c1-22-6-8-23(9-7-22)19(25)14-3-4-17(26-2)16(11-14)21-18(24)12-15-13-27-10-5-20-15/h3-4,11,15,20H,5-10,12-13H2,1-2H3,(H,21,24). The summed E-state index contributed by atoms with van der Waals surface area (Å²) in [7, 11) is 3.60. The van der Waals surface area contributed by atoms with E-state index in [1.165, 1.54) is 0 Å². The molecule has 0 aliphatic carbocycles. The third kappa shape index (κ3) is 5.18. The molecular formula is C19H28N4O4. The van der Waals surface area contributed by atoms with Gasteiger partial charge in [0.05, 0.1) is 26.0 Å². The van der Waals surface area contributed by atoms with E-state index in [4.69, 9.17) is 9.47 Å². The van der Waals surface area contributed by atoms with Crippen molar-refractivity contribution in [3.05, 3.63) is 23.8 Å². The van der Waals surface area contributed by atoms with Crippen LogP contribution in [0.4, 0.5) is 5.69 Å². The number of amides is 2. The van der Waals surface area contributed by atoms with Crippen LogP contribution in [0.1, 0.15) is 16.8 Å². The molecule has 148 valence electrons. The van der Waals surface area contributed by atoms with Gasteiger partial charge in [-0.15, -0.1) is 0 Å². The van der Waals surface area contributed by atoms with E-state index in [0.29, 0.717) is 49.7 Å². The Bertz CT molecular complexity index is 668. The molecule has 2 saturated heterocycles. The van der Waals surface area contributed by atoms with Crippen LogP contribution in [0.2, 0.25) is 0 Å². The number of carbonyl (C=O) groups excluding carboxylic acids is 2. The van der Waals surface area contributed by atoms with Gasteiger partial charge in [-0.05, 0) is 25.2 Å². The summed E-state index contributed by atoms with van der Waals surface area (Å²) in [5.41, 5.74) is 1.06. The molecular weight excluding hydrogens is 348 g/mol. The number of morpholine rings is 1. The van der Waals surface area contributed by atoms with Crippen LogP contribution in [0.3, 0.4) is 0 Å². The first-order valence-corrected chi connectivity index (χ1v) is 9.33. The Labute approximate surface area is 159 Å². The molecule has 2 aliphatic heterocycles. The molecule has 1 atom stereocenters. The van der Waals surface area contributed by atoms with E-state index in [0.717, 1.165) is 19.6 Å². The van der Waals surface area contributed by atoms with Crippen LogP contribution in [-0.4, -0.2) is 87.8 Å². The maximum absolute atomic E-state index is 12.8. The average Bonchev–Trinajstić information content (AvgIpc) is 2.68. The van der Waals surface area contributed by atoms with Crippen LogP contribution in [0.25, 0.3) is 0 Å². The molecule has 8 heteroatoms. The summed E-state index contributed by atoms with van der Waals surface area (Å²) in [6.45, 7) is 5.07. The highest BCUT2D eigenvalue weighted by Gasteiger charge is 2.22. The zero-order valence-corrected chi connectivity index (χ0v) is 16.0. The summed E-state index contributed by atoms with van der Waals surface area (Å²) in [6, 6.07) is 5.16. The number of hydrogen-bond acceptors (Lipinski definition) is 6. The second-order valence-corrected chi connectivity index (χ2v) is 6.99. The first-order valence-electron chi connectivity index (χ1n) is 9.33. The quantitative estimate of drug-likeness (QED) is 0.774. The smallest absolute Gasteiger partial charge is 0.254 e. The molecule has 27 heavy (non-hydrogen) atoms. The Morgan fingerprint density at radius 1 is 1.30 bits per heavy atom. The maximum atomic E-state index is 12.8. The number of benzene rings is 1. The van der Waals surface area contributed by atoms with Gasteiger partial charge in [-0.25, -0.2) is 0 Å². The molecule has 1 unspecified atom stereocenters. The number of piperazine rings is 1. The van der Waals surface area contributed by atoms with E-state index in [2.05, 4.69) is 22.6 Å². The van der Waals surface area contributed by atoms with E-state index in [-0.39, 0.29) is 17.9 Å². The Hall–Kier alpha value is -2.16. The number of rotatable bonds is 5. The molecule has 3 rings (SSSR count). The number of anilines is 1. The second-order valence-electron chi connectivity index (χ2n) is 6.99. The zero-order chi connectivity index (χ0) is 19.2. The van der Waals surface area contributed by atoms with Crippen LogP contribution in [0, 0.1) is 0 Å². The third-order valence-corrected chi connectivity index (χ3v) is 4.94. The van der Waals surface area contributed by atoms with Crippen LogP contribution in [0.5, 0.6) is 5.75 Å². The van der Waals surface area contributed by atoms with E-state index in [1.54, 1.807) is 25.3 Å². The molecule has 0 spiro atoms. The lowest BCUT2D eigenvalue weighted by molar-refractivity contribution is -0.117. The fourth-order valence-corrected chi connectivity index (χ4v) is 3.31. The Morgan fingerprint density at radius 3 is 2.74 bits per heavy atom. The lowest BCUT2D eigenvalue weighted by Crippen LogP contribution is -2.47. The van der Waals surface area contributed by atoms with Crippen molar-refractivity contribution in [2.45, 2.75) is 12.5 Å². The van der Waals surface area contributed by atoms with Crippen molar-refractivity contribution in [2.24, 2.45) is 0 Å². The predicted octanol–water partition coefficient (Wildman–Crippen LogP) is 0.400. The van der Waals surface area contributed by atoms with Crippen LogP contribution >= 0.6 is 0 Å². The number of nitrogens with zero attached hydrogens (tertiary/aromatic N) is 2. The molecule has 0 saturated carbocycles. The minimum absolute atomic E-state index is 0.0000934. The van der Waals surface area contributed by atoms with Crippen molar-refractivity contribution in [3.63, 3.8) is 0 Å². The molecule has 0 radical (unpaired) electrons. The highest BCUT2D eigenvalue weighted by atomic mass is 16.5. The van der Waals surface area contributed by atoms with Crippen molar-refractivity contribution in [1.29, 1.82) is 0 Å². The van der Waals surface area contributed by atoms with Gasteiger partial charge < -0.3 is 29.9 Å². The minimum Gasteiger partial charge on any atom is -0.495 e. The average molecular weight is 376 g/mol. The van der Waals surface area contributed by atoms with Gasteiger partial charge in [0.15, 0.2) is 0 Å². The largest absolute Gasteiger partial charge is 0.495 e. The molecule has 0 bridgehead atoms. The molecule has 2 fully saturated rings. The minimum atomic E-state index is -0.138. The van der Waals surface area contributed by atoms with Gasteiger partial charge in [-0.2, -0.15) is 0 Å². The summed E-state index contributed by atoms with van der Waals surface area (Å²) >= 11 is 0. The molecule has 2 N–H and O–H groups in total. The number of ether oxygens (including phenoxy) is 2. The van der Waals surface area contributed by atoms with Crippen LogP contribution in [0.15, 0.2) is 18.2 Å². The van der Waals surface area contributed by atoms with E-state index in [9.17, 15) is 9.59 Å². The summed E-state index contributed by atoms with van der Waals surface area (Å²) < 4.78 is 10.7. The first kappa shape index (κ1) is 19.6. The predicted molar refractivity (Wildman–Crippen MR) is 102 cm³/mol. The van der Waals surface area contributed by atoms with E-state index >= 15 is 0 Å². The third-order valence-electron chi connectivity index (χ3n) is 4.94. The fraction of sp³-hybridized carbons (Fsp3) is 0.579. The topological polar surface area (TPSA) is 83.1 Å². The van der Waals surface area contributed by atoms with Crippen molar-refractivity contribution >= 4 is 17.5 Å². The fourth-order valence-electron chi connectivity index (χ4n) is 3.31. The maximum Gasteiger partial charge on any atom is 0.254 e. The van der Waals surface area contributed by atoms with Gasteiger partial charge in [0.2, 0.25) is 5.91 Å². The number of nitrogens with one attached hydrogen (secondary N) is 2. The van der Waals surface area contributed by atoms with Gasteiger partial charge in [-0.3, -0.25) is 9.59 Å². The SMILES string of the molecule is COc1ccc(C(=O)N2CCN(C)CC2)cc1NC(=O)CC1COCCN1. The molecule has 2 aliphatic rings. The first-order chi connectivity index (χ1) is 13.1. The van der Waals surface area contributed by atoms with Crippen molar-refractivity contribution < 1.29 is 19.1 Å². The molecule has 1 aromatic carbocycles. The summed E-state index contributed by atoms with van der Waals surface area (Å²) in [5.74, 6) is 0.371. The van der Waals surface area contributed by atoms with E-state index in [1.807, 2.05) is 4.90 Å². The summed E-state index contributed by atoms with van der Waals surface area (Å²) in [6.07, 6.45) is 0.305. The number of likely N-dealkylation sites (N-methyl/N-ethyl adjacent to an activating group) is 1. The second kappa shape index (κ2) is 9.16. The monoisotopic (exact) mass is 376 g/mol. The lowest BCUT2D eigenvalue weighted by atomic mass is 10.1. The summed E-state index contributed by atoms with van der Waals surface area (Å²) in [5, 5.41) is 6.13. The number of carbonyl (C=O) groups is 2. The molecule has 1 aromatic rings. The van der Waals surface area contributed by atoms with Gasteiger partial charge in [0, 0.05) is 50.7 Å². The van der Waals surface area contributed by atoms with Crippen LogP contribution < -0.4 is 15.4 Å². The van der Waals surface area contributed by atoms with Gasteiger partial charge in [0.1, 0.15) is 5.75 Å². The van der Waals surface area contributed by atoms with Gasteiger partial charge in [-0.1, -0.05) is 0 Å². The Morgan fingerprint density at radius 2 is 2.07 bits per heavy atom. The van der Waals surface area contributed by atoms with Gasteiger partial charge in [0.25, 0.3) is 5.91 Å². The lowest BCUT2D eigenvalue weighted by Gasteiger charge is -2.32. The molecule has 8 nitrogen and oxygen atoms in total. The Kier molecular flexibility index (Phi) is 6.65.